The molecule has 2 aromatic rings. The molecule has 26 heavy (non-hydrogen) atoms. The zero-order valence-electron chi connectivity index (χ0n) is 14.0. The van der Waals surface area contributed by atoms with Crippen LogP contribution in [0, 0.1) is 11.6 Å². The fraction of sp³-hybridized carbons (Fsp3) is 0.263. The molecule has 1 N–H and O–H groups in total. The molecule has 1 saturated heterocycles. The number of carboxylic acids is 1. The van der Waals surface area contributed by atoms with Crippen molar-refractivity contribution in [2.75, 3.05) is 13.1 Å². The largest absolute Gasteiger partial charge is 0.479 e. The van der Waals surface area contributed by atoms with Crippen molar-refractivity contribution in [2.24, 2.45) is 0 Å². The number of carbonyl (C=O) groups is 2. The lowest BCUT2D eigenvalue weighted by Crippen LogP contribution is -2.51. The van der Waals surface area contributed by atoms with Crippen LogP contribution < -0.4 is 0 Å². The van der Waals surface area contributed by atoms with Crippen LogP contribution in [-0.2, 0) is 9.53 Å². The highest BCUT2D eigenvalue weighted by atomic mass is 19.1. The Balaban J connectivity index is 1.83. The van der Waals surface area contributed by atoms with Gasteiger partial charge < -0.3 is 14.7 Å². The second-order valence-electron chi connectivity index (χ2n) is 6.19. The Hall–Kier alpha value is -2.80. The van der Waals surface area contributed by atoms with E-state index in [9.17, 15) is 18.4 Å². The molecule has 136 valence electrons. The minimum Gasteiger partial charge on any atom is -0.479 e. The van der Waals surface area contributed by atoms with E-state index in [0.717, 1.165) is 0 Å². The smallest absolute Gasteiger partial charge is 0.334 e. The number of rotatable bonds is 3. The lowest BCUT2D eigenvalue weighted by atomic mass is 10.0. The van der Waals surface area contributed by atoms with E-state index in [1.807, 2.05) is 0 Å². The van der Waals surface area contributed by atoms with Crippen molar-refractivity contribution in [1.29, 1.82) is 0 Å². The number of carbonyl (C=O) groups excluding carboxylic acids is 1. The third kappa shape index (κ3) is 3.72. The second kappa shape index (κ2) is 7.21. The van der Waals surface area contributed by atoms with Gasteiger partial charge in [0.1, 0.15) is 11.6 Å². The molecule has 1 fully saturated rings. The van der Waals surface area contributed by atoms with E-state index in [1.54, 1.807) is 13.0 Å². The van der Waals surface area contributed by atoms with Gasteiger partial charge in [-0.3, -0.25) is 4.79 Å². The van der Waals surface area contributed by atoms with Crippen molar-refractivity contribution in [3.8, 4) is 11.1 Å². The Morgan fingerprint density at radius 2 is 1.73 bits per heavy atom. The van der Waals surface area contributed by atoms with Gasteiger partial charge in [-0.05, 0) is 42.3 Å². The molecule has 0 aromatic heterocycles. The van der Waals surface area contributed by atoms with E-state index < -0.39 is 35.7 Å². The average molecular weight is 361 g/mol. The molecule has 3 rings (SSSR count). The van der Waals surface area contributed by atoms with Crippen molar-refractivity contribution < 1.29 is 28.2 Å². The van der Waals surface area contributed by atoms with Crippen molar-refractivity contribution in [2.45, 2.75) is 19.1 Å². The predicted octanol–water partition coefficient (Wildman–Crippen LogP) is 2.95. The number of hydrogen-bond acceptors (Lipinski definition) is 3. The molecular formula is C19H17F2NO4. The van der Waals surface area contributed by atoms with Crippen LogP contribution in [0.2, 0.25) is 0 Å². The third-order valence-corrected chi connectivity index (χ3v) is 4.20. The molecule has 0 aliphatic carbocycles. The highest BCUT2D eigenvalue weighted by molar-refractivity contribution is 5.95. The van der Waals surface area contributed by atoms with Gasteiger partial charge in [0, 0.05) is 6.54 Å². The van der Waals surface area contributed by atoms with E-state index in [0.29, 0.717) is 11.1 Å². The van der Waals surface area contributed by atoms with E-state index in [-0.39, 0.29) is 18.7 Å². The normalized spacial score (nSPS) is 20.0. The van der Waals surface area contributed by atoms with Crippen LogP contribution in [0.1, 0.15) is 17.3 Å². The van der Waals surface area contributed by atoms with Crippen LogP contribution in [0.15, 0.2) is 42.5 Å². The molecule has 1 amide bonds. The SMILES string of the molecule is C[C@@H]1CN(C(=O)c2ccc(-c3ccc(F)cc3)cc2F)CC(C(=O)O)O1. The standard InChI is InChI=1S/C19H17F2NO4/c1-11-9-22(10-17(26-11)19(24)25)18(23)15-7-4-13(8-16(15)21)12-2-5-14(20)6-3-12/h2-8,11,17H,9-10H2,1H3,(H,24,25)/t11-,17?/m1/s1. The number of carboxylic acid groups (broad SMARTS) is 1. The Morgan fingerprint density at radius 3 is 2.35 bits per heavy atom. The predicted molar refractivity (Wildman–Crippen MR) is 89.7 cm³/mol. The summed E-state index contributed by atoms with van der Waals surface area (Å²) in [5, 5.41) is 9.10. The first-order valence-corrected chi connectivity index (χ1v) is 8.08. The summed E-state index contributed by atoms with van der Waals surface area (Å²) in [5.74, 6) is -2.87. The minimum absolute atomic E-state index is 0.141. The van der Waals surface area contributed by atoms with Gasteiger partial charge in [-0.15, -0.1) is 0 Å². The van der Waals surface area contributed by atoms with E-state index in [2.05, 4.69) is 0 Å². The molecule has 1 aliphatic rings. The number of benzene rings is 2. The molecule has 7 heteroatoms. The van der Waals surface area contributed by atoms with Gasteiger partial charge in [-0.2, -0.15) is 0 Å². The topological polar surface area (TPSA) is 66.8 Å². The molecule has 2 aromatic carbocycles. The Kier molecular flexibility index (Phi) is 4.99. The fourth-order valence-electron chi connectivity index (χ4n) is 2.93. The molecular weight excluding hydrogens is 344 g/mol. The molecule has 1 unspecified atom stereocenters. The van der Waals surface area contributed by atoms with Gasteiger partial charge in [0.2, 0.25) is 0 Å². The third-order valence-electron chi connectivity index (χ3n) is 4.20. The van der Waals surface area contributed by atoms with Gasteiger partial charge >= 0.3 is 5.97 Å². The highest BCUT2D eigenvalue weighted by Gasteiger charge is 2.33. The molecule has 1 heterocycles. The van der Waals surface area contributed by atoms with Crippen LogP contribution in [0.5, 0.6) is 0 Å². The number of hydrogen-bond donors (Lipinski definition) is 1. The lowest BCUT2D eigenvalue weighted by Gasteiger charge is -2.35. The van der Waals surface area contributed by atoms with E-state index in [4.69, 9.17) is 9.84 Å². The summed E-state index contributed by atoms with van der Waals surface area (Å²) < 4.78 is 32.8. The zero-order chi connectivity index (χ0) is 18.8. The maximum atomic E-state index is 14.5. The van der Waals surface area contributed by atoms with Gasteiger partial charge in [-0.25, -0.2) is 13.6 Å². The first-order chi connectivity index (χ1) is 12.3. The summed E-state index contributed by atoms with van der Waals surface area (Å²) in [6, 6.07) is 9.72. The molecule has 0 radical (unpaired) electrons. The van der Waals surface area contributed by atoms with Gasteiger partial charge in [-0.1, -0.05) is 18.2 Å². The molecule has 2 atom stereocenters. The van der Waals surface area contributed by atoms with Gasteiger partial charge in [0.15, 0.2) is 6.10 Å². The number of nitrogens with zero attached hydrogens (tertiary/aromatic N) is 1. The molecule has 5 nitrogen and oxygen atoms in total. The second-order valence-corrected chi connectivity index (χ2v) is 6.19. The maximum Gasteiger partial charge on any atom is 0.334 e. The first kappa shape index (κ1) is 18.0. The zero-order valence-corrected chi connectivity index (χ0v) is 14.0. The quantitative estimate of drug-likeness (QED) is 0.913. The fourth-order valence-corrected chi connectivity index (χ4v) is 2.93. The summed E-state index contributed by atoms with van der Waals surface area (Å²) in [6.07, 6.45) is -1.60. The van der Waals surface area contributed by atoms with Crippen LogP contribution >= 0.6 is 0 Å². The summed E-state index contributed by atoms with van der Waals surface area (Å²) in [6.45, 7) is 1.70. The Bertz CT molecular complexity index is 838. The van der Waals surface area contributed by atoms with E-state index in [1.165, 1.54) is 41.3 Å². The van der Waals surface area contributed by atoms with Crippen molar-refractivity contribution in [3.05, 3.63) is 59.7 Å². The number of aliphatic carboxylic acids is 1. The number of ether oxygens (including phenoxy) is 1. The monoisotopic (exact) mass is 361 g/mol. The highest BCUT2D eigenvalue weighted by Crippen LogP contribution is 2.24. The lowest BCUT2D eigenvalue weighted by molar-refractivity contribution is -0.160. The minimum atomic E-state index is -1.17. The molecule has 0 spiro atoms. The van der Waals surface area contributed by atoms with Crippen molar-refractivity contribution in [1.82, 2.24) is 4.90 Å². The van der Waals surface area contributed by atoms with Crippen LogP contribution in [-0.4, -0.2) is 47.2 Å². The van der Waals surface area contributed by atoms with Crippen LogP contribution in [0.4, 0.5) is 8.78 Å². The molecule has 0 saturated carbocycles. The number of morpholine rings is 1. The summed E-state index contributed by atoms with van der Waals surface area (Å²) in [7, 11) is 0. The average Bonchev–Trinajstić information content (AvgIpc) is 2.61. The maximum absolute atomic E-state index is 14.5. The summed E-state index contributed by atoms with van der Waals surface area (Å²) in [4.78, 5) is 25.0. The number of halogens is 2. The molecule has 0 bridgehead atoms. The van der Waals surface area contributed by atoms with Crippen LogP contribution in [0.3, 0.4) is 0 Å². The van der Waals surface area contributed by atoms with Gasteiger partial charge in [0.05, 0.1) is 18.2 Å². The first-order valence-electron chi connectivity index (χ1n) is 8.08. The van der Waals surface area contributed by atoms with Crippen molar-refractivity contribution >= 4 is 11.9 Å². The Morgan fingerprint density at radius 1 is 1.08 bits per heavy atom. The molecule has 1 aliphatic heterocycles. The summed E-state index contributed by atoms with van der Waals surface area (Å²) >= 11 is 0. The van der Waals surface area contributed by atoms with Crippen molar-refractivity contribution in [3.63, 3.8) is 0 Å². The summed E-state index contributed by atoms with van der Waals surface area (Å²) in [5.41, 5.74) is 0.988. The van der Waals surface area contributed by atoms with Crippen LogP contribution in [0.25, 0.3) is 11.1 Å². The van der Waals surface area contributed by atoms with E-state index >= 15 is 0 Å². The Labute approximate surface area is 148 Å². The number of amides is 1. The van der Waals surface area contributed by atoms with Gasteiger partial charge in [0.25, 0.3) is 5.91 Å².